The van der Waals surface area contributed by atoms with E-state index in [1.165, 1.54) is 10.8 Å². The van der Waals surface area contributed by atoms with Crippen LogP contribution in [0.5, 0.6) is 0 Å². The van der Waals surface area contributed by atoms with Gasteiger partial charge in [0.05, 0.1) is 0 Å². The number of rotatable bonds is 7. The van der Waals surface area contributed by atoms with Crippen molar-refractivity contribution in [3.05, 3.63) is 0 Å². The van der Waals surface area contributed by atoms with E-state index >= 15 is 0 Å². The van der Waals surface area contributed by atoms with Crippen LogP contribution in [0.4, 0.5) is 0 Å². The van der Waals surface area contributed by atoms with Crippen LogP contribution in [0, 0.1) is 0 Å². The topological polar surface area (TPSA) is 43.4 Å². The molecule has 0 rings (SSSR count). The van der Waals surface area contributed by atoms with Gasteiger partial charge in [-0.1, -0.05) is 0 Å². The molecule has 0 radical (unpaired) electrons. The first-order chi connectivity index (χ1) is 6.20. The van der Waals surface area contributed by atoms with Gasteiger partial charge in [0, 0.05) is 0 Å². The van der Waals surface area contributed by atoms with Crippen molar-refractivity contribution >= 4 is 58.4 Å². The molecule has 6 heteroatoms. The summed E-state index contributed by atoms with van der Waals surface area (Å²) in [4.78, 5) is 21.8. The van der Waals surface area contributed by atoms with E-state index in [0.717, 1.165) is 25.1 Å². The fourth-order valence-electron chi connectivity index (χ4n) is 0.531. The molecule has 0 bridgehead atoms. The molecule has 0 amide bonds. The van der Waals surface area contributed by atoms with Gasteiger partial charge >= 0.3 is 102 Å². The standard InChI is InChI=1S/C7H11O3S2.Po.H/c1-6(8)3-4-7(9)10-5-12-11-2;;/h1,3-5H2,2H3;;. The van der Waals surface area contributed by atoms with E-state index in [4.69, 9.17) is 4.74 Å². The summed E-state index contributed by atoms with van der Waals surface area (Å²) in [6.07, 6.45) is 2.48. The minimum absolute atomic E-state index is 0.155. The van der Waals surface area contributed by atoms with E-state index in [-0.39, 0.29) is 18.2 Å². The summed E-state index contributed by atoms with van der Waals surface area (Å²) in [5.41, 5.74) is 0. The van der Waals surface area contributed by atoms with Crippen LogP contribution in [0.25, 0.3) is 0 Å². The van der Waals surface area contributed by atoms with Gasteiger partial charge in [0.15, 0.2) is 0 Å². The first kappa shape index (κ1) is 13.7. The Kier molecular flexibility index (Phi) is 9.82. The fraction of sp³-hybridized carbons (Fsp3) is 0.714. The molecule has 0 aromatic carbocycles. The molecule has 0 saturated carbocycles. The number of hydrogen-bond acceptors (Lipinski definition) is 5. The van der Waals surface area contributed by atoms with Crippen molar-refractivity contribution in [3.8, 4) is 0 Å². The fourth-order valence-corrected chi connectivity index (χ4v) is 1.85. The van der Waals surface area contributed by atoms with E-state index in [1.807, 2.05) is 6.26 Å². The minimum atomic E-state index is -0.276. The number of ketones is 1. The molecule has 3 nitrogen and oxygen atoms in total. The maximum atomic E-state index is 11.0. The second-order valence-electron chi connectivity index (χ2n) is 2.12. The second kappa shape index (κ2) is 9.30. The number of esters is 1. The Morgan fingerprint density at radius 2 is 2.08 bits per heavy atom. The molecule has 0 N–H and O–H groups in total. The third-order valence-corrected chi connectivity index (χ3v) is 3.99. The molecule has 0 fully saturated rings. The summed E-state index contributed by atoms with van der Waals surface area (Å²) in [6.45, 7) is 0. The molecule has 0 spiro atoms. The number of carbonyl (C=O) groups is 2. The van der Waals surface area contributed by atoms with E-state index in [0.29, 0.717) is 16.4 Å². The number of Topliss-reactive ketones (excluding diaryl/α,β-unsaturated/α-hetero) is 1. The monoisotopic (exact) mass is 417 g/mol. The molecule has 0 aliphatic carbocycles. The third-order valence-electron chi connectivity index (χ3n) is 1.17. The Bertz CT molecular complexity index is 175. The summed E-state index contributed by atoms with van der Waals surface area (Å²) in [5, 5.41) is 0. The average Bonchev–Trinajstić information content (AvgIpc) is 2.14. The summed E-state index contributed by atoms with van der Waals surface area (Å²) in [7, 11) is 3.02. The maximum absolute atomic E-state index is 11.0. The zero-order valence-corrected chi connectivity index (χ0v) is 12.4. The number of ether oxygens (including phenoxy) is 1. The van der Waals surface area contributed by atoms with Gasteiger partial charge in [0.2, 0.25) is 0 Å². The van der Waals surface area contributed by atoms with E-state index in [1.54, 1.807) is 10.8 Å². The Morgan fingerprint density at radius 1 is 1.38 bits per heavy atom. The van der Waals surface area contributed by atoms with Gasteiger partial charge < -0.3 is 0 Å². The van der Waals surface area contributed by atoms with Crippen LogP contribution in [0.1, 0.15) is 12.8 Å². The van der Waals surface area contributed by atoms with Crippen molar-refractivity contribution in [2.24, 2.45) is 0 Å². The summed E-state index contributed by atoms with van der Waals surface area (Å²) >= 11 is 1.06. The van der Waals surface area contributed by atoms with Gasteiger partial charge in [-0.3, -0.25) is 0 Å². The summed E-state index contributed by atoms with van der Waals surface area (Å²) < 4.78 is 5.44. The van der Waals surface area contributed by atoms with Gasteiger partial charge in [-0.2, -0.15) is 0 Å². The Labute approximate surface area is 101 Å². The van der Waals surface area contributed by atoms with Crippen LogP contribution in [0.2, 0.25) is 4.08 Å². The quantitative estimate of drug-likeness (QED) is 0.269. The van der Waals surface area contributed by atoms with Crippen molar-refractivity contribution in [2.75, 3.05) is 12.2 Å². The molecule has 76 valence electrons. The zero-order valence-electron chi connectivity index (χ0n) is 7.32. The zero-order chi connectivity index (χ0) is 10.1. The van der Waals surface area contributed by atoms with Gasteiger partial charge in [0.1, 0.15) is 0 Å². The van der Waals surface area contributed by atoms with Crippen LogP contribution in [0.3, 0.4) is 0 Å². The van der Waals surface area contributed by atoms with Crippen LogP contribution in [-0.2, 0) is 14.3 Å². The summed E-state index contributed by atoms with van der Waals surface area (Å²) in [6, 6.07) is 0. The number of hydrogen-bond donors (Lipinski definition) is 0. The van der Waals surface area contributed by atoms with Crippen molar-refractivity contribution < 1.29 is 14.3 Å². The second-order valence-corrected chi connectivity index (χ2v) is 5.86. The molecule has 0 aliphatic rings. The first-order valence-electron chi connectivity index (χ1n) is 3.64. The van der Waals surface area contributed by atoms with Crippen LogP contribution >= 0.6 is 21.6 Å². The number of carbonyl (C=O) groups excluding carboxylic acids is 2. The van der Waals surface area contributed by atoms with Gasteiger partial charge in [0.25, 0.3) is 0 Å². The van der Waals surface area contributed by atoms with E-state index < -0.39 is 0 Å². The molecule has 0 aromatic rings. The Balaban J connectivity index is 3.35. The summed E-state index contributed by atoms with van der Waals surface area (Å²) in [5.74, 6) is 0.248. The predicted octanol–water partition coefficient (Wildman–Crippen LogP) is 1.17. The SMILES string of the molecule is CSSCOC(=O)CCC(=O)[CH2][PoH]. The molecule has 0 saturated heterocycles. The van der Waals surface area contributed by atoms with Crippen molar-refractivity contribution in [1.82, 2.24) is 0 Å². The van der Waals surface area contributed by atoms with Crippen molar-refractivity contribution in [1.29, 1.82) is 0 Å². The first-order valence-corrected chi connectivity index (χ1v) is 8.83. The van der Waals surface area contributed by atoms with Crippen LogP contribution in [-0.4, -0.2) is 49.0 Å². The van der Waals surface area contributed by atoms with E-state index in [2.05, 4.69) is 0 Å². The van der Waals surface area contributed by atoms with Gasteiger partial charge in [-0.15, -0.1) is 0 Å². The van der Waals surface area contributed by atoms with E-state index in [9.17, 15) is 9.59 Å². The molecule has 0 unspecified atom stereocenters. The normalized spacial score (nSPS) is 9.69. The Hall–Kier alpha value is 0.736. The van der Waals surface area contributed by atoms with Crippen molar-refractivity contribution in [3.63, 3.8) is 0 Å². The molecule has 13 heavy (non-hydrogen) atoms. The molecule has 0 atom stereocenters. The molecule has 0 aliphatic heterocycles. The Morgan fingerprint density at radius 3 is 2.62 bits per heavy atom. The predicted molar refractivity (Wildman–Crippen MR) is 58.3 cm³/mol. The van der Waals surface area contributed by atoms with Crippen LogP contribution < -0.4 is 0 Å². The average molecular weight is 417 g/mol. The van der Waals surface area contributed by atoms with Crippen molar-refractivity contribution in [2.45, 2.75) is 16.9 Å². The molecule has 0 aromatic heterocycles. The van der Waals surface area contributed by atoms with Gasteiger partial charge in [-0.25, -0.2) is 0 Å². The molecular formula is C7H12O3PoS2. The van der Waals surface area contributed by atoms with Crippen LogP contribution in [0.15, 0.2) is 0 Å². The molecule has 0 heterocycles. The van der Waals surface area contributed by atoms with Gasteiger partial charge in [-0.05, 0) is 0 Å². The third kappa shape index (κ3) is 9.05. The molecular weight excluding hydrogens is 405 g/mol.